The number of methoxy groups -OCH3 is 1. The molecule has 0 bridgehead atoms. The van der Waals surface area contributed by atoms with E-state index >= 15 is 0 Å². The van der Waals surface area contributed by atoms with Gasteiger partial charge in [-0.15, -0.1) is 37.2 Å². The summed E-state index contributed by atoms with van der Waals surface area (Å²) in [7, 11) is 1.41. The summed E-state index contributed by atoms with van der Waals surface area (Å²) in [6.45, 7) is 7.35. The van der Waals surface area contributed by atoms with E-state index in [1.807, 2.05) is 0 Å². The minimum atomic E-state index is -0.269. The first kappa shape index (κ1) is 23.3. The van der Waals surface area contributed by atoms with Crippen molar-refractivity contribution in [2.75, 3.05) is 46.4 Å². The van der Waals surface area contributed by atoms with Gasteiger partial charge in [0.25, 0.3) is 0 Å². The van der Waals surface area contributed by atoms with E-state index in [4.69, 9.17) is 10.5 Å². The topological polar surface area (TPSA) is 58.8 Å². The Bertz CT molecular complexity index is 215. The van der Waals surface area contributed by atoms with E-state index in [-0.39, 0.29) is 49.2 Å². The van der Waals surface area contributed by atoms with Crippen molar-refractivity contribution in [2.45, 2.75) is 13.0 Å². The maximum absolute atomic E-state index is 11.4. The minimum Gasteiger partial charge on any atom is -0.468 e. The maximum Gasteiger partial charge on any atom is 0.324 e. The fraction of sp³-hybridized carbons (Fsp3) is 0.900. The van der Waals surface area contributed by atoms with E-state index in [9.17, 15) is 4.79 Å². The molecule has 1 heterocycles. The van der Waals surface area contributed by atoms with Gasteiger partial charge in [0, 0.05) is 32.7 Å². The summed E-state index contributed by atoms with van der Waals surface area (Å²) in [5.74, 6) is -0.220. The predicted molar refractivity (Wildman–Crippen MR) is 80.3 cm³/mol. The summed E-state index contributed by atoms with van der Waals surface area (Å²) in [6.07, 6.45) is 0. The molecule has 0 aliphatic carbocycles. The molecule has 5 nitrogen and oxygen atoms in total. The number of likely N-dealkylation sites (N-methyl/N-ethyl adjacent to an activating group) is 1. The molecule has 0 spiro atoms. The number of carbonyl (C=O) groups is 1. The van der Waals surface area contributed by atoms with Crippen molar-refractivity contribution >= 4 is 43.2 Å². The molecule has 8 heteroatoms. The number of carbonyl (C=O) groups excluding carboxylic acids is 1. The molecular formula is C10H24Cl3N3O2. The molecule has 0 saturated carbocycles. The van der Waals surface area contributed by atoms with E-state index in [1.54, 1.807) is 0 Å². The lowest BCUT2D eigenvalue weighted by Crippen LogP contribution is -2.55. The Morgan fingerprint density at radius 3 is 2.06 bits per heavy atom. The van der Waals surface area contributed by atoms with Crippen LogP contribution < -0.4 is 5.73 Å². The molecule has 112 valence electrons. The number of esters is 1. The molecule has 1 aliphatic heterocycles. The van der Waals surface area contributed by atoms with Gasteiger partial charge in [-0.25, -0.2) is 0 Å². The van der Waals surface area contributed by atoms with E-state index in [1.165, 1.54) is 7.11 Å². The number of halogens is 3. The van der Waals surface area contributed by atoms with Crippen LogP contribution in [-0.2, 0) is 9.53 Å². The first-order chi connectivity index (χ1) is 7.22. The van der Waals surface area contributed by atoms with Crippen molar-refractivity contribution in [3.8, 4) is 0 Å². The molecule has 0 aromatic heterocycles. The minimum absolute atomic E-state index is 0. The van der Waals surface area contributed by atoms with Crippen LogP contribution in [0.4, 0.5) is 0 Å². The highest BCUT2D eigenvalue weighted by Crippen LogP contribution is 2.06. The summed E-state index contributed by atoms with van der Waals surface area (Å²) < 4.78 is 4.74. The van der Waals surface area contributed by atoms with Gasteiger partial charge in [-0.1, -0.05) is 6.92 Å². The summed E-state index contributed by atoms with van der Waals surface area (Å²) in [6, 6.07) is -0.269. The van der Waals surface area contributed by atoms with Crippen molar-refractivity contribution in [1.29, 1.82) is 0 Å². The molecule has 1 aliphatic rings. The average molecular weight is 325 g/mol. The maximum atomic E-state index is 11.4. The zero-order valence-corrected chi connectivity index (χ0v) is 13.3. The number of nitrogens with zero attached hydrogens (tertiary/aromatic N) is 2. The Kier molecular flexibility index (Phi) is 15.9. The van der Waals surface area contributed by atoms with Crippen LogP contribution >= 0.6 is 37.2 Å². The van der Waals surface area contributed by atoms with Crippen molar-refractivity contribution in [3.05, 3.63) is 0 Å². The van der Waals surface area contributed by atoms with Crippen LogP contribution in [0, 0.1) is 0 Å². The molecule has 1 fully saturated rings. The fourth-order valence-corrected chi connectivity index (χ4v) is 1.92. The first-order valence-corrected chi connectivity index (χ1v) is 5.47. The second-order valence-corrected chi connectivity index (χ2v) is 3.74. The molecule has 0 aromatic carbocycles. The number of hydrogen-bond acceptors (Lipinski definition) is 5. The van der Waals surface area contributed by atoms with Crippen LogP contribution in [0.3, 0.4) is 0 Å². The van der Waals surface area contributed by atoms with Crippen LogP contribution in [0.15, 0.2) is 0 Å². The summed E-state index contributed by atoms with van der Waals surface area (Å²) in [4.78, 5) is 15.9. The number of hydrogen-bond donors (Lipinski definition) is 1. The normalized spacial score (nSPS) is 17.7. The lowest BCUT2D eigenvalue weighted by molar-refractivity contribution is -0.147. The van der Waals surface area contributed by atoms with Crippen molar-refractivity contribution in [2.24, 2.45) is 5.73 Å². The van der Waals surface area contributed by atoms with E-state index in [2.05, 4.69) is 16.7 Å². The second-order valence-electron chi connectivity index (χ2n) is 3.74. The van der Waals surface area contributed by atoms with Gasteiger partial charge in [0.2, 0.25) is 0 Å². The lowest BCUT2D eigenvalue weighted by atomic mass is 10.2. The Labute approximate surface area is 128 Å². The third-order valence-electron chi connectivity index (χ3n) is 2.99. The zero-order valence-electron chi connectivity index (χ0n) is 10.8. The number of ether oxygens (including phenoxy) is 1. The molecule has 0 amide bonds. The molecule has 0 radical (unpaired) electrons. The Morgan fingerprint density at radius 2 is 1.72 bits per heavy atom. The van der Waals surface area contributed by atoms with Gasteiger partial charge in [-0.3, -0.25) is 9.69 Å². The molecule has 1 rings (SSSR count). The Balaban J connectivity index is -0.000000750. The monoisotopic (exact) mass is 323 g/mol. The van der Waals surface area contributed by atoms with E-state index in [0.29, 0.717) is 6.54 Å². The van der Waals surface area contributed by atoms with E-state index < -0.39 is 0 Å². The molecular weight excluding hydrogens is 300 g/mol. The van der Waals surface area contributed by atoms with Gasteiger partial charge < -0.3 is 15.4 Å². The Morgan fingerprint density at radius 1 is 1.22 bits per heavy atom. The van der Waals surface area contributed by atoms with E-state index in [0.717, 1.165) is 32.7 Å². The first-order valence-electron chi connectivity index (χ1n) is 5.47. The lowest BCUT2D eigenvalue weighted by Gasteiger charge is -2.37. The molecule has 1 unspecified atom stereocenters. The average Bonchev–Trinajstić information content (AvgIpc) is 2.30. The van der Waals surface area contributed by atoms with Crippen LogP contribution in [0.1, 0.15) is 6.92 Å². The van der Waals surface area contributed by atoms with Crippen LogP contribution in [0.25, 0.3) is 0 Å². The van der Waals surface area contributed by atoms with Crippen molar-refractivity contribution in [3.63, 3.8) is 0 Å². The highest BCUT2D eigenvalue weighted by atomic mass is 35.5. The van der Waals surface area contributed by atoms with Crippen LogP contribution in [0.2, 0.25) is 0 Å². The SMILES string of the molecule is CCN1CCN(C(CN)C(=O)OC)CC1.Cl.Cl.Cl. The Hall–Kier alpha value is 0.220. The number of rotatable bonds is 4. The predicted octanol–water partition coefficient (Wildman–Crippen LogP) is 0.390. The largest absolute Gasteiger partial charge is 0.468 e. The van der Waals surface area contributed by atoms with Gasteiger partial charge in [0.15, 0.2) is 0 Å². The van der Waals surface area contributed by atoms with Gasteiger partial charge in [-0.05, 0) is 6.54 Å². The third kappa shape index (κ3) is 6.41. The third-order valence-corrected chi connectivity index (χ3v) is 2.99. The molecule has 1 saturated heterocycles. The van der Waals surface area contributed by atoms with Gasteiger partial charge in [0.1, 0.15) is 6.04 Å². The van der Waals surface area contributed by atoms with Crippen molar-refractivity contribution < 1.29 is 9.53 Å². The van der Waals surface area contributed by atoms with Gasteiger partial charge in [0.05, 0.1) is 7.11 Å². The molecule has 2 N–H and O–H groups in total. The quantitative estimate of drug-likeness (QED) is 0.758. The summed E-state index contributed by atoms with van der Waals surface area (Å²) in [5, 5.41) is 0. The number of nitrogens with two attached hydrogens (primary N) is 1. The standard InChI is InChI=1S/C10H21N3O2.3ClH/c1-3-12-4-6-13(7-5-12)9(8-11)10(14)15-2;;;/h9H,3-8,11H2,1-2H3;3*1H. The molecule has 18 heavy (non-hydrogen) atoms. The van der Waals surface area contributed by atoms with Gasteiger partial charge in [-0.2, -0.15) is 0 Å². The zero-order chi connectivity index (χ0) is 11.3. The van der Waals surface area contributed by atoms with Crippen LogP contribution in [0.5, 0.6) is 0 Å². The number of piperazine rings is 1. The van der Waals surface area contributed by atoms with Gasteiger partial charge >= 0.3 is 5.97 Å². The smallest absolute Gasteiger partial charge is 0.324 e. The molecule has 1 atom stereocenters. The summed E-state index contributed by atoms with van der Waals surface area (Å²) >= 11 is 0. The highest BCUT2D eigenvalue weighted by Gasteiger charge is 2.27. The fourth-order valence-electron chi connectivity index (χ4n) is 1.92. The summed E-state index contributed by atoms with van der Waals surface area (Å²) in [5.41, 5.74) is 5.59. The second kappa shape index (κ2) is 12.3. The van der Waals surface area contributed by atoms with Crippen LogP contribution in [-0.4, -0.2) is 68.2 Å². The highest BCUT2D eigenvalue weighted by molar-refractivity contribution is 5.86. The molecule has 0 aromatic rings. The van der Waals surface area contributed by atoms with Crippen molar-refractivity contribution in [1.82, 2.24) is 9.80 Å².